The quantitative estimate of drug-likeness (QED) is 0.576. The van der Waals surface area contributed by atoms with E-state index < -0.39 is 0 Å². The highest BCUT2D eigenvalue weighted by Gasteiger charge is 2.17. The van der Waals surface area contributed by atoms with Crippen LogP contribution in [0.1, 0.15) is 17.1 Å². The lowest BCUT2D eigenvalue weighted by Crippen LogP contribution is -2.15. The van der Waals surface area contributed by atoms with Crippen LogP contribution in [0, 0.1) is 18.2 Å². The van der Waals surface area contributed by atoms with Crippen LogP contribution in [0.25, 0.3) is 22.9 Å². The zero-order chi connectivity index (χ0) is 15.9. The standard InChI is InChI=1S/C16H14FN5/c1-3-13-20-16-14(15(18)19)12(8-9(2)22(16)21-13)10-4-6-11(17)7-5-10/h3-8H,1H2,2H3,(H3,18,19). The van der Waals surface area contributed by atoms with Gasteiger partial charge >= 0.3 is 0 Å². The number of nitrogens with two attached hydrogens (primary N) is 1. The number of amidine groups is 1. The number of benzene rings is 1. The van der Waals surface area contributed by atoms with E-state index in [9.17, 15) is 4.39 Å². The first kappa shape index (κ1) is 13.9. The molecule has 3 N–H and O–H groups in total. The van der Waals surface area contributed by atoms with Crippen LogP contribution in [-0.4, -0.2) is 20.4 Å². The molecule has 2 aromatic heterocycles. The van der Waals surface area contributed by atoms with Gasteiger partial charge in [0, 0.05) is 5.69 Å². The van der Waals surface area contributed by atoms with Crippen LogP contribution in [0.5, 0.6) is 0 Å². The Morgan fingerprint density at radius 3 is 2.64 bits per heavy atom. The van der Waals surface area contributed by atoms with E-state index in [0.29, 0.717) is 17.0 Å². The van der Waals surface area contributed by atoms with Gasteiger partial charge in [0.1, 0.15) is 11.7 Å². The second-order valence-corrected chi connectivity index (χ2v) is 4.90. The summed E-state index contributed by atoms with van der Waals surface area (Å²) in [6.45, 7) is 5.54. The third-order valence-electron chi connectivity index (χ3n) is 3.41. The lowest BCUT2D eigenvalue weighted by atomic mass is 9.99. The van der Waals surface area contributed by atoms with Crippen LogP contribution in [0.15, 0.2) is 36.9 Å². The zero-order valence-electron chi connectivity index (χ0n) is 12.0. The monoisotopic (exact) mass is 295 g/mol. The predicted octanol–water partition coefficient (Wildman–Crippen LogP) is 2.77. The van der Waals surface area contributed by atoms with Gasteiger partial charge in [-0.2, -0.15) is 0 Å². The summed E-state index contributed by atoms with van der Waals surface area (Å²) in [5.74, 6) is 0.0246. The lowest BCUT2D eigenvalue weighted by Gasteiger charge is -2.11. The van der Waals surface area contributed by atoms with E-state index in [2.05, 4.69) is 16.7 Å². The van der Waals surface area contributed by atoms with Gasteiger partial charge in [-0.25, -0.2) is 13.9 Å². The van der Waals surface area contributed by atoms with E-state index in [1.54, 1.807) is 16.6 Å². The molecular weight excluding hydrogens is 281 g/mol. The van der Waals surface area contributed by atoms with Crippen molar-refractivity contribution in [3.8, 4) is 11.1 Å². The number of aromatic nitrogens is 3. The molecular formula is C16H14FN5. The predicted molar refractivity (Wildman–Crippen MR) is 84.2 cm³/mol. The molecule has 5 nitrogen and oxygen atoms in total. The number of fused-ring (bicyclic) bond motifs is 1. The molecule has 0 aliphatic heterocycles. The lowest BCUT2D eigenvalue weighted by molar-refractivity contribution is 0.628. The van der Waals surface area contributed by atoms with E-state index in [1.807, 2.05) is 13.0 Å². The van der Waals surface area contributed by atoms with Gasteiger partial charge < -0.3 is 5.73 Å². The van der Waals surface area contributed by atoms with Gasteiger partial charge in [-0.15, -0.1) is 5.10 Å². The van der Waals surface area contributed by atoms with Crippen LogP contribution in [-0.2, 0) is 0 Å². The van der Waals surface area contributed by atoms with E-state index >= 15 is 0 Å². The molecule has 0 fully saturated rings. The van der Waals surface area contributed by atoms with E-state index in [4.69, 9.17) is 11.1 Å². The Morgan fingerprint density at radius 1 is 1.36 bits per heavy atom. The number of hydrogen-bond donors (Lipinski definition) is 2. The second-order valence-electron chi connectivity index (χ2n) is 4.90. The van der Waals surface area contributed by atoms with Crippen LogP contribution in [0.3, 0.4) is 0 Å². The van der Waals surface area contributed by atoms with E-state index in [1.165, 1.54) is 18.2 Å². The summed E-state index contributed by atoms with van der Waals surface area (Å²) >= 11 is 0. The highest BCUT2D eigenvalue weighted by Crippen LogP contribution is 2.28. The maximum absolute atomic E-state index is 13.1. The molecule has 0 amide bonds. The van der Waals surface area contributed by atoms with Crippen molar-refractivity contribution in [3.05, 3.63) is 59.8 Å². The number of rotatable bonds is 3. The summed E-state index contributed by atoms with van der Waals surface area (Å²) in [6.07, 6.45) is 1.54. The van der Waals surface area contributed by atoms with Crippen molar-refractivity contribution < 1.29 is 4.39 Å². The fraction of sp³-hybridized carbons (Fsp3) is 0.0625. The number of nitrogens with zero attached hydrogens (tertiary/aromatic N) is 3. The minimum Gasteiger partial charge on any atom is -0.384 e. The molecule has 0 bridgehead atoms. The molecule has 0 radical (unpaired) electrons. The van der Waals surface area contributed by atoms with Crippen molar-refractivity contribution in [3.63, 3.8) is 0 Å². The van der Waals surface area contributed by atoms with Crippen molar-refractivity contribution in [2.45, 2.75) is 6.92 Å². The molecule has 0 unspecified atom stereocenters. The Morgan fingerprint density at radius 2 is 2.05 bits per heavy atom. The fourth-order valence-corrected chi connectivity index (χ4v) is 2.41. The summed E-state index contributed by atoms with van der Waals surface area (Å²) < 4.78 is 14.8. The average molecular weight is 295 g/mol. The third kappa shape index (κ3) is 2.14. The highest BCUT2D eigenvalue weighted by molar-refractivity contribution is 6.06. The first-order valence-electron chi connectivity index (χ1n) is 6.64. The summed E-state index contributed by atoms with van der Waals surface area (Å²) in [6, 6.07) is 7.91. The maximum atomic E-state index is 13.1. The normalized spacial score (nSPS) is 10.8. The number of nitrogen functional groups attached to an aromatic ring is 1. The number of pyridine rings is 1. The maximum Gasteiger partial charge on any atom is 0.174 e. The Bertz CT molecular complexity index is 893. The number of halogens is 1. The fourth-order valence-electron chi connectivity index (χ4n) is 2.41. The summed E-state index contributed by atoms with van der Waals surface area (Å²) in [4.78, 5) is 4.36. The van der Waals surface area contributed by atoms with Gasteiger partial charge in [0.25, 0.3) is 0 Å². The molecule has 0 aliphatic rings. The molecule has 0 saturated carbocycles. The molecule has 1 aromatic carbocycles. The Labute approximate surface area is 126 Å². The third-order valence-corrected chi connectivity index (χ3v) is 3.41. The number of hydrogen-bond acceptors (Lipinski definition) is 3. The largest absolute Gasteiger partial charge is 0.384 e. The van der Waals surface area contributed by atoms with Crippen LogP contribution in [0.2, 0.25) is 0 Å². The number of nitrogens with one attached hydrogen (secondary N) is 1. The van der Waals surface area contributed by atoms with Crippen molar-refractivity contribution in [2.75, 3.05) is 0 Å². The average Bonchev–Trinajstić information content (AvgIpc) is 2.92. The number of aryl methyl sites for hydroxylation is 1. The molecule has 0 spiro atoms. The molecule has 2 heterocycles. The summed E-state index contributed by atoms with van der Waals surface area (Å²) in [5, 5.41) is 12.2. The highest BCUT2D eigenvalue weighted by atomic mass is 19.1. The van der Waals surface area contributed by atoms with Crippen LogP contribution < -0.4 is 5.73 Å². The van der Waals surface area contributed by atoms with Crippen molar-refractivity contribution >= 4 is 17.6 Å². The second kappa shape index (κ2) is 5.07. The smallest absolute Gasteiger partial charge is 0.174 e. The molecule has 0 atom stereocenters. The first-order valence-corrected chi connectivity index (χ1v) is 6.64. The van der Waals surface area contributed by atoms with Gasteiger partial charge in [0.15, 0.2) is 11.5 Å². The summed E-state index contributed by atoms with van der Waals surface area (Å²) in [7, 11) is 0. The Hall–Kier alpha value is -3.02. The zero-order valence-corrected chi connectivity index (χ0v) is 12.0. The molecule has 3 aromatic rings. The van der Waals surface area contributed by atoms with E-state index in [-0.39, 0.29) is 11.7 Å². The topological polar surface area (TPSA) is 80.1 Å². The van der Waals surface area contributed by atoms with Gasteiger partial charge in [-0.05, 0) is 42.3 Å². The Balaban J connectivity index is 2.38. The molecule has 22 heavy (non-hydrogen) atoms. The summed E-state index contributed by atoms with van der Waals surface area (Å²) in [5.41, 5.74) is 9.03. The van der Waals surface area contributed by atoms with Crippen LogP contribution >= 0.6 is 0 Å². The first-order chi connectivity index (χ1) is 10.5. The minimum absolute atomic E-state index is 0.118. The van der Waals surface area contributed by atoms with Crippen LogP contribution in [0.4, 0.5) is 4.39 Å². The molecule has 110 valence electrons. The minimum atomic E-state index is -0.317. The molecule has 3 rings (SSSR count). The Kier molecular flexibility index (Phi) is 3.21. The van der Waals surface area contributed by atoms with Gasteiger partial charge in [0.05, 0.1) is 5.56 Å². The van der Waals surface area contributed by atoms with Gasteiger partial charge in [0.2, 0.25) is 0 Å². The van der Waals surface area contributed by atoms with Crippen molar-refractivity contribution in [2.24, 2.45) is 5.73 Å². The van der Waals surface area contributed by atoms with Crippen molar-refractivity contribution in [1.82, 2.24) is 14.6 Å². The SMILES string of the molecule is C=Cc1nc2c(C(=N)N)c(-c3ccc(F)cc3)cc(C)n2n1. The van der Waals surface area contributed by atoms with Gasteiger partial charge in [-0.3, -0.25) is 5.41 Å². The molecule has 0 aliphatic carbocycles. The molecule has 6 heteroatoms. The van der Waals surface area contributed by atoms with E-state index in [0.717, 1.165) is 16.8 Å². The van der Waals surface area contributed by atoms with Gasteiger partial charge in [-0.1, -0.05) is 18.7 Å². The van der Waals surface area contributed by atoms with Crippen molar-refractivity contribution in [1.29, 1.82) is 5.41 Å². The molecule has 0 saturated heterocycles.